The number of aryl methyl sites for hydroxylation is 2. The number of rotatable bonds is 20. The summed E-state index contributed by atoms with van der Waals surface area (Å²) in [6.07, 6.45) is 1.000. The first-order valence-corrected chi connectivity index (χ1v) is 26.5. The highest BCUT2D eigenvalue weighted by Crippen LogP contribution is 2.40. The average molecular weight is 1090 g/mol. The molecule has 2 aliphatic rings. The molecule has 22 heteroatoms. The van der Waals surface area contributed by atoms with Gasteiger partial charge in [-0.1, -0.05) is 35.4 Å². The van der Waals surface area contributed by atoms with Crippen LogP contribution in [0.3, 0.4) is 0 Å². The molecule has 0 bridgehead atoms. The smallest absolute Gasteiger partial charge is 0.294 e. The van der Waals surface area contributed by atoms with Crippen molar-refractivity contribution in [3.8, 4) is 34.5 Å². The third-order valence-electron chi connectivity index (χ3n) is 12.3. The molecule has 4 amide bonds. The van der Waals surface area contributed by atoms with E-state index in [1.54, 1.807) is 91.2 Å². The lowest BCUT2D eigenvalue weighted by Crippen LogP contribution is -2.44. The van der Waals surface area contributed by atoms with Crippen molar-refractivity contribution in [1.29, 1.82) is 0 Å². The van der Waals surface area contributed by atoms with Crippen molar-refractivity contribution in [1.82, 2.24) is 20.4 Å². The van der Waals surface area contributed by atoms with E-state index < -0.39 is 43.9 Å². The van der Waals surface area contributed by atoms with Gasteiger partial charge in [0.05, 0.1) is 52.4 Å². The van der Waals surface area contributed by atoms with Crippen molar-refractivity contribution in [2.45, 2.75) is 49.6 Å². The summed E-state index contributed by atoms with van der Waals surface area (Å²) in [6.45, 7) is 6.09. The molecule has 6 aromatic rings. The molecule has 0 radical (unpaired) electrons. The minimum atomic E-state index is -4.02. The lowest BCUT2D eigenvalue weighted by Gasteiger charge is -2.32. The number of ether oxygens (including phenoxy) is 6. The van der Waals surface area contributed by atoms with Gasteiger partial charge in [0.15, 0.2) is 23.0 Å². The minimum Gasteiger partial charge on any atom is -0.493 e. The van der Waals surface area contributed by atoms with Crippen LogP contribution in [0.1, 0.15) is 76.5 Å². The molecule has 0 aromatic heterocycles. The van der Waals surface area contributed by atoms with E-state index in [-0.39, 0.29) is 22.9 Å². The van der Waals surface area contributed by atoms with Gasteiger partial charge < -0.3 is 39.1 Å². The molecule has 2 heterocycles. The zero-order chi connectivity index (χ0) is 55.5. The Morgan fingerprint density at radius 3 is 0.947 bits per heavy atom. The summed E-state index contributed by atoms with van der Waals surface area (Å²) in [5.74, 6) is 1.37. The number of carbonyl (C=O) groups is 4. The highest BCUT2D eigenvalue weighted by molar-refractivity contribution is 7.86. The predicted molar refractivity (Wildman–Crippen MR) is 282 cm³/mol. The summed E-state index contributed by atoms with van der Waals surface area (Å²) in [5.41, 5.74) is 4.91. The highest BCUT2D eigenvalue weighted by Gasteiger charge is 2.39. The molecule has 404 valence electrons. The van der Waals surface area contributed by atoms with Crippen LogP contribution in [0.25, 0.3) is 10.8 Å². The summed E-state index contributed by atoms with van der Waals surface area (Å²) in [4.78, 5) is 57.1. The maximum absolute atomic E-state index is 13.7. The van der Waals surface area contributed by atoms with Crippen LogP contribution >= 0.6 is 0 Å². The zero-order valence-corrected chi connectivity index (χ0v) is 44.8. The van der Waals surface area contributed by atoms with Crippen molar-refractivity contribution in [2.24, 2.45) is 0 Å². The normalized spacial score (nSPS) is 12.9. The summed E-state index contributed by atoms with van der Waals surface area (Å²) in [5, 5.41) is 7.38. The van der Waals surface area contributed by atoms with Crippen molar-refractivity contribution in [3.05, 3.63) is 142 Å². The number of hydrogen-bond acceptors (Lipinski definition) is 16. The Bertz CT molecular complexity index is 3010. The fourth-order valence-electron chi connectivity index (χ4n) is 8.47. The molecule has 0 unspecified atom stereocenters. The summed E-state index contributed by atoms with van der Waals surface area (Å²) in [6, 6.07) is 25.7. The summed E-state index contributed by atoms with van der Waals surface area (Å²) < 4.78 is 91.6. The SMILES string of the molecule is COc1cc(CNCCCN2C(=O)c3ccc4c5c(ccc(c35)C2=O)C(=O)N(CCCNCc2cc(OC)c(OC)c(OC)c2)C4=O)cc(OC)c1OC.Cc1ccc(S(=O)(=O)O)cc1.Cc1ccc(S(=O)(=O)O)cc1. The minimum absolute atomic E-state index is 0.0666. The van der Waals surface area contributed by atoms with Crippen LogP contribution < -0.4 is 39.1 Å². The van der Waals surface area contributed by atoms with E-state index in [4.69, 9.17) is 37.5 Å². The van der Waals surface area contributed by atoms with Gasteiger partial charge in [-0.15, -0.1) is 0 Å². The number of benzene rings is 6. The molecule has 0 saturated heterocycles. The van der Waals surface area contributed by atoms with Gasteiger partial charge in [-0.05, 0) is 124 Å². The quantitative estimate of drug-likeness (QED) is 0.0343. The van der Waals surface area contributed by atoms with Crippen LogP contribution in [0, 0.1) is 13.8 Å². The first-order valence-electron chi connectivity index (χ1n) is 23.6. The van der Waals surface area contributed by atoms with E-state index in [0.717, 1.165) is 22.3 Å². The Kier molecular flexibility index (Phi) is 19.2. The third kappa shape index (κ3) is 13.3. The van der Waals surface area contributed by atoms with E-state index >= 15 is 0 Å². The first-order chi connectivity index (χ1) is 36.2. The third-order valence-corrected chi connectivity index (χ3v) is 14.0. The number of nitrogens with one attached hydrogen (secondary N) is 2. The fraction of sp³-hybridized carbons (Fsp3) is 0.296. The second-order valence-electron chi connectivity index (χ2n) is 17.3. The van der Waals surface area contributed by atoms with E-state index in [9.17, 15) is 36.0 Å². The first kappa shape index (κ1) is 57.7. The van der Waals surface area contributed by atoms with E-state index in [2.05, 4.69) is 10.6 Å². The lowest BCUT2D eigenvalue weighted by molar-refractivity contribution is 0.0587. The lowest BCUT2D eigenvalue weighted by atomic mass is 9.86. The Morgan fingerprint density at radius 1 is 0.434 bits per heavy atom. The molecule has 20 nitrogen and oxygen atoms in total. The maximum atomic E-state index is 13.7. The molecule has 0 saturated carbocycles. The topological polar surface area (TPSA) is 263 Å². The van der Waals surface area contributed by atoms with Gasteiger partial charge in [-0.25, -0.2) is 0 Å². The number of nitrogens with zero attached hydrogens (tertiary/aromatic N) is 2. The van der Waals surface area contributed by atoms with Crippen molar-refractivity contribution in [3.63, 3.8) is 0 Å². The molecular weight excluding hydrogens is 1020 g/mol. The number of methoxy groups -OCH3 is 6. The molecule has 0 aliphatic carbocycles. The average Bonchev–Trinajstić information content (AvgIpc) is 3.40. The highest BCUT2D eigenvalue weighted by atomic mass is 32.2. The van der Waals surface area contributed by atoms with Crippen molar-refractivity contribution >= 4 is 54.6 Å². The van der Waals surface area contributed by atoms with Gasteiger partial charge in [0.1, 0.15) is 0 Å². The summed E-state index contributed by atoms with van der Waals surface area (Å²) in [7, 11) is 1.28. The summed E-state index contributed by atoms with van der Waals surface area (Å²) >= 11 is 0. The van der Waals surface area contributed by atoms with Crippen LogP contribution in [0.5, 0.6) is 34.5 Å². The van der Waals surface area contributed by atoms with Crippen molar-refractivity contribution in [2.75, 3.05) is 68.8 Å². The molecule has 0 fully saturated rings. The standard InChI is InChI=1S/C40H44N4O10.2C7H8O3S/c1-49-29-17-23(18-30(50-2)35(29)53-5)21-41-13-7-15-43-37(45)25-9-11-27-34-28(12-10-26(33(25)34)38(43)46)40(48)44(39(27)47)16-8-14-42-22-24-19-31(51-3)36(54-6)32(20-24)52-4;2*1-6-2-4-7(5-3-6)11(8,9)10/h9-12,17-20,41-42H,7-8,13-16,21-22H2,1-6H3;2*2-5H,1H3,(H,8,9,10). The van der Waals surface area contributed by atoms with Gasteiger partial charge in [-0.3, -0.25) is 38.1 Å². The van der Waals surface area contributed by atoms with Crippen molar-refractivity contribution < 1.29 is 73.5 Å². The molecule has 2 aliphatic heterocycles. The van der Waals surface area contributed by atoms with Crippen LogP contribution in [-0.4, -0.2) is 128 Å². The second kappa shape index (κ2) is 25.3. The van der Waals surface area contributed by atoms with Crippen LogP contribution in [0.2, 0.25) is 0 Å². The Hall–Kier alpha value is -7.60. The molecule has 0 atom stereocenters. The molecule has 4 N–H and O–H groups in total. The van der Waals surface area contributed by atoms with Gasteiger partial charge >= 0.3 is 0 Å². The van der Waals surface area contributed by atoms with Crippen LogP contribution in [0.4, 0.5) is 0 Å². The Morgan fingerprint density at radius 2 is 0.711 bits per heavy atom. The van der Waals surface area contributed by atoms with Gasteiger partial charge in [0.2, 0.25) is 11.5 Å². The monoisotopic (exact) mass is 1080 g/mol. The maximum Gasteiger partial charge on any atom is 0.294 e. The number of carbonyl (C=O) groups excluding carboxylic acids is 4. The second-order valence-corrected chi connectivity index (χ2v) is 20.1. The molecule has 6 aromatic carbocycles. The fourth-order valence-corrected chi connectivity index (χ4v) is 9.43. The van der Waals surface area contributed by atoms with Gasteiger partial charge in [0, 0.05) is 59.2 Å². The number of amides is 4. The van der Waals surface area contributed by atoms with E-state index in [1.165, 1.54) is 34.1 Å². The Labute approximate surface area is 441 Å². The number of imide groups is 2. The Balaban J connectivity index is 0.000000349. The zero-order valence-electron chi connectivity index (χ0n) is 43.2. The van der Waals surface area contributed by atoms with Crippen LogP contribution in [-0.2, 0) is 33.3 Å². The molecule has 8 rings (SSSR count). The predicted octanol–water partition coefficient (Wildman–Crippen LogP) is 6.93. The van der Waals surface area contributed by atoms with Gasteiger partial charge in [-0.2, -0.15) is 16.8 Å². The molecule has 0 spiro atoms. The van der Waals surface area contributed by atoms with Crippen LogP contribution in [0.15, 0.2) is 107 Å². The molecule has 76 heavy (non-hydrogen) atoms. The molecular formula is C54H60N4O16S2. The number of hydrogen-bond donors (Lipinski definition) is 4. The van der Waals surface area contributed by atoms with E-state index in [1.807, 2.05) is 38.1 Å². The van der Waals surface area contributed by atoms with Gasteiger partial charge in [0.25, 0.3) is 43.9 Å². The van der Waals surface area contributed by atoms with E-state index in [0.29, 0.717) is 107 Å². The largest absolute Gasteiger partial charge is 0.493 e.